The van der Waals surface area contributed by atoms with Crippen LogP contribution in [0.2, 0.25) is 0 Å². The molecule has 0 atom stereocenters. The van der Waals surface area contributed by atoms with Gasteiger partial charge in [0.1, 0.15) is 0 Å². The fourth-order valence-corrected chi connectivity index (χ4v) is 1.68. The molecule has 0 N–H and O–H groups in total. The molecular formula is C11H10F2Ti. The van der Waals surface area contributed by atoms with Gasteiger partial charge in [0.15, 0.2) is 0 Å². The van der Waals surface area contributed by atoms with Crippen LogP contribution in [0.25, 0.3) is 6.08 Å². The molecule has 1 aromatic carbocycles. The Bertz CT molecular complexity index is 369. The van der Waals surface area contributed by atoms with Crippen molar-refractivity contribution in [2.75, 3.05) is 0 Å². The van der Waals surface area contributed by atoms with Crippen LogP contribution in [0.15, 0.2) is 29.8 Å². The summed E-state index contributed by atoms with van der Waals surface area (Å²) in [5.41, 5.74) is 1.02. The van der Waals surface area contributed by atoms with Crippen LogP contribution in [-0.4, -0.2) is 0 Å². The van der Waals surface area contributed by atoms with Crippen LogP contribution < -0.4 is 0 Å². The second kappa shape index (κ2) is 3.95. The molecule has 0 radical (unpaired) electrons. The van der Waals surface area contributed by atoms with Gasteiger partial charge in [-0.05, 0) is 18.1 Å². The van der Waals surface area contributed by atoms with Gasteiger partial charge in [-0.3, -0.25) is 0 Å². The molecule has 1 aliphatic rings. The van der Waals surface area contributed by atoms with Crippen molar-refractivity contribution in [3.63, 3.8) is 0 Å². The smallest absolute Gasteiger partial charge is 0.196 e. The van der Waals surface area contributed by atoms with Crippen molar-refractivity contribution in [2.45, 2.75) is 19.3 Å². The molecule has 3 heteroatoms. The molecule has 0 fully saturated rings. The molecule has 0 saturated carbocycles. The Morgan fingerprint density at radius 3 is 2.43 bits per heavy atom. The van der Waals surface area contributed by atoms with E-state index in [1.807, 2.05) is 0 Å². The van der Waals surface area contributed by atoms with E-state index in [4.69, 9.17) is 0 Å². The van der Waals surface area contributed by atoms with Crippen LogP contribution in [-0.2, 0) is 27.6 Å². The average Bonchev–Trinajstić information content (AvgIpc) is 2.39. The second-order valence-electron chi connectivity index (χ2n) is 3.18. The summed E-state index contributed by atoms with van der Waals surface area (Å²) in [5, 5.41) is 0. The zero-order chi connectivity index (χ0) is 9.47. The molecule has 0 amide bonds. The topological polar surface area (TPSA) is 0 Å². The van der Waals surface area contributed by atoms with Gasteiger partial charge in [-0.1, -0.05) is 31.2 Å². The third kappa shape index (κ3) is 1.57. The summed E-state index contributed by atoms with van der Waals surface area (Å²) in [4.78, 5) is 0. The quantitative estimate of drug-likeness (QED) is 0.644. The minimum atomic E-state index is -2.74. The molecule has 1 aliphatic carbocycles. The molecule has 0 spiro atoms. The molecule has 0 nitrogen and oxygen atoms in total. The maximum atomic E-state index is 13.5. The number of benzene rings is 1. The first kappa shape index (κ1) is 11.6. The average molecular weight is 228 g/mol. The molecule has 0 saturated heterocycles. The van der Waals surface area contributed by atoms with Crippen molar-refractivity contribution >= 4 is 6.08 Å². The summed E-state index contributed by atoms with van der Waals surface area (Å²) in [5.74, 6) is -2.74. The normalized spacial score (nSPS) is 16.9. The standard InChI is InChI=1S/C11H10F2.Ti/c1-2-9-7-8-5-3-4-6-10(8)11(9,12)13;/h3-7H,2H2,1H3;. The van der Waals surface area contributed by atoms with Crippen molar-refractivity contribution in [3.8, 4) is 0 Å². The van der Waals surface area contributed by atoms with E-state index in [1.165, 1.54) is 6.07 Å². The number of alkyl halides is 2. The summed E-state index contributed by atoms with van der Waals surface area (Å²) in [6.07, 6.45) is 2.00. The number of fused-ring (bicyclic) bond motifs is 1. The molecule has 2 rings (SSSR count). The Kier molecular flexibility index (Phi) is 3.28. The van der Waals surface area contributed by atoms with Gasteiger partial charge < -0.3 is 0 Å². The van der Waals surface area contributed by atoms with Crippen molar-refractivity contribution in [3.05, 3.63) is 41.0 Å². The van der Waals surface area contributed by atoms with E-state index in [1.54, 1.807) is 31.2 Å². The predicted molar refractivity (Wildman–Crippen MR) is 48.6 cm³/mol. The molecule has 72 valence electrons. The number of hydrogen-bond donors (Lipinski definition) is 0. The number of rotatable bonds is 1. The molecule has 0 unspecified atom stereocenters. The van der Waals surface area contributed by atoms with E-state index >= 15 is 0 Å². The van der Waals surface area contributed by atoms with Crippen LogP contribution in [0.3, 0.4) is 0 Å². The van der Waals surface area contributed by atoms with Crippen LogP contribution >= 0.6 is 0 Å². The third-order valence-electron chi connectivity index (χ3n) is 2.41. The van der Waals surface area contributed by atoms with Crippen LogP contribution in [0.5, 0.6) is 0 Å². The zero-order valence-corrected chi connectivity index (χ0v) is 9.41. The van der Waals surface area contributed by atoms with Crippen molar-refractivity contribution in [2.24, 2.45) is 0 Å². The van der Waals surface area contributed by atoms with E-state index in [0.29, 0.717) is 12.0 Å². The summed E-state index contributed by atoms with van der Waals surface area (Å²) >= 11 is 0. The molecule has 0 bridgehead atoms. The van der Waals surface area contributed by atoms with Crippen LogP contribution in [0.1, 0.15) is 24.5 Å². The van der Waals surface area contributed by atoms with Gasteiger partial charge in [0.05, 0.1) is 0 Å². The molecule has 1 aromatic rings. The predicted octanol–water partition coefficient (Wildman–Crippen LogP) is 3.58. The SMILES string of the molecule is CCC1=Cc2ccccc2C1(F)F.[Ti]. The second-order valence-corrected chi connectivity index (χ2v) is 3.18. The van der Waals surface area contributed by atoms with Gasteiger partial charge in [0.25, 0.3) is 5.92 Å². The zero-order valence-electron chi connectivity index (χ0n) is 7.85. The minimum absolute atomic E-state index is 0. The maximum Gasteiger partial charge on any atom is 0.295 e. The summed E-state index contributed by atoms with van der Waals surface area (Å²) < 4.78 is 27.1. The van der Waals surface area contributed by atoms with Gasteiger partial charge in [-0.25, -0.2) is 0 Å². The maximum absolute atomic E-state index is 13.5. The van der Waals surface area contributed by atoms with E-state index in [-0.39, 0.29) is 32.9 Å². The molecule has 0 aromatic heterocycles. The number of allylic oxidation sites excluding steroid dienone is 1. The Morgan fingerprint density at radius 2 is 1.86 bits per heavy atom. The molecule has 14 heavy (non-hydrogen) atoms. The van der Waals surface area contributed by atoms with Crippen molar-refractivity contribution in [1.82, 2.24) is 0 Å². The fraction of sp³-hybridized carbons (Fsp3) is 0.273. The number of halogens is 2. The number of hydrogen-bond acceptors (Lipinski definition) is 0. The minimum Gasteiger partial charge on any atom is -0.196 e. The fourth-order valence-electron chi connectivity index (χ4n) is 1.68. The van der Waals surface area contributed by atoms with Crippen LogP contribution in [0.4, 0.5) is 8.78 Å². The molecule has 0 aliphatic heterocycles. The van der Waals surface area contributed by atoms with Gasteiger partial charge in [0.2, 0.25) is 0 Å². The third-order valence-corrected chi connectivity index (χ3v) is 2.41. The summed E-state index contributed by atoms with van der Waals surface area (Å²) in [6, 6.07) is 6.66. The Hall–Kier alpha value is -0.466. The first-order chi connectivity index (χ1) is 6.16. The van der Waals surface area contributed by atoms with Crippen molar-refractivity contribution < 1.29 is 30.5 Å². The van der Waals surface area contributed by atoms with Gasteiger partial charge in [0, 0.05) is 32.9 Å². The summed E-state index contributed by atoms with van der Waals surface area (Å²) in [7, 11) is 0. The van der Waals surface area contributed by atoms with E-state index < -0.39 is 5.92 Å². The largest absolute Gasteiger partial charge is 0.295 e. The van der Waals surface area contributed by atoms with E-state index in [2.05, 4.69) is 0 Å². The first-order valence-corrected chi connectivity index (χ1v) is 4.34. The monoisotopic (exact) mass is 228 g/mol. The molecule has 0 heterocycles. The van der Waals surface area contributed by atoms with E-state index in [0.717, 1.165) is 0 Å². The van der Waals surface area contributed by atoms with Gasteiger partial charge >= 0.3 is 0 Å². The van der Waals surface area contributed by atoms with Gasteiger partial charge in [-0.2, -0.15) is 8.78 Å². The Morgan fingerprint density at radius 1 is 1.21 bits per heavy atom. The Labute approximate surface area is 96.9 Å². The van der Waals surface area contributed by atoms with Crippen molar-refractivity contribution in [1.29, 1.82) is 0 Å². The van der Waals surface area contributed by atoms with Crippen LogP contribution in [0, 0.1) is 0 Å². The summed E-state index contributed by atoms with van der Waals surface area (Å²) in [6.45, 7) is 1.76. The van der Waals surface area contributed by atoms with E-state index in [9.17, 15) is 8.78 Å². The van der Waals surface area contributed by atoms with Gasteiger partial charge in [-0.15, -0.1) is 0 Å². The first-order valence-electron chi connectivity index (χ1n) is 4.34. The Balaban J connectivity index is 0.000000980. The molecular weight excluding hydrogens is 218 g/mol.